The van der Waals surface area contributed by atoms with Crippen LogP contribution in [0, 0.1) is 0 Å². The predicted molar refractivity (Wildman–Crippen MR) is 108 cm³/mol. The van der Waals surface area contributed by atoms with E-state index in [0.29, 0.717) is 5.56 Å². The highest BCUT2D eigenvalue weighted by Crippen LogP contribution is 2.24. The Bertz CT molecular complexity index is 983. The van der Waals surface area contributed by atoms with Gasteiger partial charge in [-0.05, 0) is 37.1 Å². The third-order valence-electron chi connectivity index (χ3n) is 4.31. The van der Waals surface area contributed by atoms with Crippen molar-refractivity contribution in [3.8, 4) is 0 Å². The van der Waals surface area contributed by atoms with E-state index in [2.05, 4.69) is 16.6 Å². The highest BCUT2D eigenvalue weighted by atomic mass is 32.2. The van der Waals surface area contributed by atoms with E-state index < -0.39 is 22.1 Å². The quantitative estimate of drug-likeness (QED) is 0.484. The van der Waals surface area contributed by atoms with Crippen molar-refractivity contribution in [3.63, 3.8) is 0 Å². The number of carbonyl (C=O) groups is 2. The van der Waals surface area contributed by atoms with Gasteiger partial charge in [0.1, 0.15) is 0 Å². The highest BCUT2D eigenvalue weighted by molar-refractivity contribution is 7.89. The zero-order chi connectivity index (χ0) is 20.9. The van der Waals surface area contributed by atoms with Crippen LogP contribution in [0.5, 0.6) is 0 Å². The van der Waals surface area contributed by atoms with Crippen molar-refractivity contribution in [1.29, 1.82) is 0 Å². The summed E-state index contributed by atoms with van der Waals surface area (Å²) in [7, 11) is -3.69. The second-order valence-corrected chi connectivity index (χ2v) is 8.41. The molecule has 1 aliphatic rings. The summed E-state index contributed by atoms with van der Waals surface area (Å²) >= 11 is 0. The van der Waals surface area contributed by atoms with Crippen LogP contribution in [0.25, 0.3) is 0 Å². The van der Waals surface area contributed by atoms with Crippen LogP contribution >= 0.6 is 0 Å². The van der Waals surface area contributed by atoms with E-state index in [0.717, 1.165) is 12.8 Å². The van der Waals surface area contributed by atoms with Gasteiger partial charge in [0.05, 0.1) is 10.5 Å². The molecule has 2 N–H and O–H groups in total. The second kappa shape index (κ2) is 9.02. The maximum atomic E-state index is 12.6. The van der Waals surface area contributed by atoms with E-state index in [1.54, 1.807) is 30.3 Å². The number of hydrogen-bond acceptors (Lipinski definition) is 5. The van der Waals surface area contributed by atoms with E-state index in [9.17, 15) is 18.0 Å². The Morgan fingerprint density at radius 3 is 2.34 bits per heavy atom. The number of carbonyl (C=O) groups excluding carboxylic acids is 2. The molecule has 0 aromatic heterocycles. The minimum absolute atomic E-state index is 0.0157. The first-order valence-electron chi connectivity index (χ1n) is 9.17. The number of ether oxygens (including phenoxy) is 1. The van der Waals surface area contributed by atoms with Gasteiger partial charge in [0.2, 0.25) is 16.1 Å². The first kappa shape index (κ1) is 20.8. The molecule has 1 saturated carbocycles. The predicted octanol–water partition coefficient (Wildman–Crippen LogP) is 2.33. The van der Waals surface area contributed by atoms with Crippen LogP contribution in [0.15, 0.2) is 72.1 Å². The van der Waals surface area contributed by atoms with Crippen molar-refractivity contribution >= 4 is 21.9 Å². The topological polar surface area (TPSA) is 102 Å². The Kier molecular flexibility index (Phi) is 6.46. The zero-order valence-electron chi connectivity index (χ0n) is 15.7. The average molecular weight is 414 g/mol. The van der Waals surface area contributed by atoms with E-state index in [1.807, 2.05) is 0 Å². The molecule has 152 valence electrons. The molecule has 0 heterocycles. The van der Waals surface area contributed by atoms with Gasteiger partial charge in [0.25, 0.3) is 5.91 Å². The molecule has 0 saturated heterocycles. The molecule has 0 aliphatic heterocycles. The maximum Gasteiger partial charge on any atom is 0.339 e. The molecule has 1 aliphatic carbocycles. The molecule has 0 spiro atoms. The largest absolute Gasteiger partial charge is 0.444 e. The van der Waals surface area contributed by atoms with Gasteiger partial charge in [-0.25, -0.2) is 17.9 Å². The molecule has 1 amide bonds. The Morgan fingerprint density at radius 1 is 1.10 bits per heavy atom. The summed E-state index contributed by atoms with van der Waals surface area (Å²) in [5, 5.41) is 2.85. The first-order valence-corrected chi connectivity index (χ1v) is 10.7. The fourth-order valence-electron chi connectivity index (χ4n) is 2.60. The lowest BCUT2D eigenvalue weighted by Crippen LogP contribution is -2.33. The van der Waals surface area contributed by atoms with Crippen LogP contribution in [0.1, 0.15) is 34.9 Å². The van der Waals surface area contributed by atoms with Gasteiger partial charge in [-0.15, -0.1) is 6.58 Å². The molecule has 0 bridgehead atoms. The SMILES string of the molecule is C=CCNS(=O)(=O)c1ccc(C(=O)O[C@@H](C(=O)NC2CC2)c2ccccc2)cc1. The second-order valence-electron chi connectivity index (χ2n) is 6.64. The number of nitrogens with one attached hydrogen (secondary N) is 2. The van der Waals surface area contributed by atoms with Crippen molar-refractivity contribution in [2.75, 3.05) is 6.54 Å². The minimum atomic E-state index is -3.69. The Labute approximate surface area is 169 Å². The number of esters is 1. The summed E-state index contributed by atoms with van der Waals surface area (Å²) in [6.45, 7) is 3.56. The summed E-state index contributed by atoms with van der Waals surface area (Å²) in [6, 6.07) is 14.2. The van der Waals surface area contributed by atoms with Crippen molar-refractivity contribution in [2.45, 2.75) is 29.9 Å². The molecule has 2 aromatic rings. The Hall–Kier alpha value is -2.97. The molecular weight excluding hydrogens is 392 g/mol. The van der Waals surface area contributed by atoms with Crippen LogP contribution in [0.2, 0.25) is 0 Å². The van der Waals surface area contributed by atoms with E-state index >= 15 is 0 Å². The van der Waals surface area contributed by atoms with Crippen molar-refractivity contribution < 1.29 is 22.7 Å². The summed E-state index contributed by atoms with van der Waals surface area (Å²) in [4.78, 5) is 25.2. The van der Waals surface area contributed by atoms with Gasteiger partial charge >= 0.3 is 5.97 Å². The maximum absolute atomic E-state index is 12.6. The fourth-order valence-corrected chi connectivity index (χ4v) is 3.60. The fraction of sp³-hybridized carbons (Fsp3) is 0.238. The van der Waals surface area contributed by atoms with Gasteiger partial charge in [0, 0.05) is 18.2 Å². The number of sulfonamides is 1. The van der Waals surface area contributed by atoms with Crippen LogP contribution in [0.3, 0.4) is 0 Å². The highest BCUT2D eigenvalue weighted by Gasteiger charge is 2.31. The van der Waals surface area contributed by atoms with Gasteiger partial charge in [-0.1, -0.05) is 36.4 Å². The van der Waals surface area contributed by atoms with Crippen LogP contribution in [0.4, 0.5) is 0 Å². The van der Waals surface area contributed by atoms with Gasteiger partial charge in [0.15, 0.2) is 0 Å². The standard InChI is InChI=1S/C21H22N2O5S/c1-2-14-22-29(26,27)18-12-8-16(9-13-18)21(25)28-19(15-6-4-3-5-7-15)20(24)23-17-10-11-17/h2-9,12-13,17,19,22H,1,10-11,14H2,(H,23,24)/t19-/m1/s1. The molecule has 29 heavy (non-hydrogen) atoms. The monoisotopic (exact) mass is 414 g/mol. The first-order chi connectivity index (χ1) is 13.9. The van der Waals surface area contributed by atoms with Gasteiger partial charge in [-0.2, -0.15) is 0 Å². The lowest BCUT2D eigenvalue weighted by molar-refractivity contribution is -0.130. The summed E-state index contributed by atoms with van der Waals surface area (Å²) in [5.74, 6) is -1.09. The Morgan fingerprint density at radius 2 is 1.76 bits per heavy atom. The number of benzene rings is 2. The van der Waals surface area contributed by atoms with E-state index in [-0.39, 0.29) is 29.0 Å². The molecule has 1 fully saturated rings. The minimum Gasteiger partial charge on any atom is -0.444 e. The number of amides is 1. The number of rotatable bonds is 9. The normalized spacial score (nSPS) is 14.6. The third-order valence-corrected chi connectivity index (χ3v) is 5.75. The molecule has 1 atom stereocenters. The van der Waals surface area contributed by atoms with Crippen molar-refractivity contribution in [2.24, 2.45) is 0 Å². The van der Waals surface area contributed by atoms with Crippen LogP contribution in [-0.2, 0) is 19.6 Å². The van der Waals surface area contributed by atoms with E-state index in [1.165, 1.54) is 30.3 Å². The molecule has 8 heteroatoms. The average Bonchev–Trinajstić information content (AvgIpc) is 3.55. The zero-order valence-corrected chi connectivity index (χ0v) is 16.5. The summed E-state index contributed by atoms with van der Waals surface area (Å²) < 4.78 is 32.0. The van der Waals surface area contributed by atoms with E-state index in [4.69, 9.17) is 4.74 Å². The summed E-state index contributed by atoms with van der Waals surface area (Å²) in [6.07, 6.45) is 2.18. The smallest absolute Gasteiger partial charge is 0.339 e. The van der Waals surface area contributed by atoms with Crippen LogP contribution in [-0.4, -0.2) is 32.9 Å². The van der Waals surface area contributed by atoms with Gasteiger partial charge in [-0.3, -0.25) is 4.79 Å². The Balaban J connectivity index is 1.75. The van der Waals surface area contributed by atoms with Crippen LogP contribution < -0.4 is 10.0 Å². The lowest BCUT2D eigenvalue weighted by Gasteiger charge is -2.18. The van der Waals surface area contributed by atoms with Crippen molar-refractivity contribution in [3.05, 3.63) is 78.4 Å². The molecule has 7 nitrogen and oxygen atoms in total. The molecule has 2 aromatic carbocycles. The summed E-state index contributed by atoms with van der Waals surface area (Å²) in [5.41, 5.74) is 0.708. The van der Waals surface area contributed by atoms with Gasteiger partial charge < -0.3 is 10.1 Å². The molecular formula is C21H22N2O5S. The number of hydrogen-bond donors (Lipinski definition) is 2. The molecule has 0 unspecified atom stereocenters. The molecule has 3 rings (SSSR count). The van der Waals surface area contributed by atoms with Crippen molar-refractivity contribution in [1.82, 2.24) is 10.0 Å². The lowest BCUT2D eigenvalue weighted by atomic mass is 10.1. The third kappa shape index (κ3) is 5.52. The molecule has 0 radical (unpaired) electrons.